The molecular weight excluding hydrogens is 479 g/mol. The molecule has 4 fully saturated rings. The van der Waals surface area contributed by atoms with Crippen molar-refractivity contribution < 1.29 is 23.6 Å². The smallest absolute Gasteiger partial charge is 0.455 e. The van der Waals surface area contributed by atoms with Crippen LogP contribution in [0.3, 0.4) is 0 Å². The number of hydrogen-bond donors (Lipinski definition) is 1. The number of aromatic nitrogens is 3. The summed E-state index contributed by atoms with van der Waals surface area (Å²) < 4.78 is 20.1. The Kier molecular flexibility index (Phi) is 6.32. The molecule has 4 aliphatic rings. The maximum Gasteiger partial charge on any atom is 0.483 e. The monoisotopic (exact) mass is 514 g/mol. The number of nitrogens with one attached hydrogen (secondary N) is 1. The second-order valence-electron chi connectivity index (χ2n) is 12.2. The number of nitrogens with zero attached hydrogens (tertiary/aromatic N) is 3. The highest BCUT2D eigenvalue weighted by Gasteiger charge is 2.67. The molecule has 2 bridgehead atoms. The van der Waals surface area contributed by atoms with Gasteiger partial charge in [-0.05, 0) is 69.2 Å². The van der Waals surface area contributed by atoms with E-state index in [1.54, 1.807) is 32.1 Å². The number of amides is 1. The van der Waals surface area contributed by atoms with Crippen LogP contribution in [0.15, 0.2) is 23.7 Å². The van der Waals surface area contributed by atoms with E-state index in [1.807, 2.05) is 17.5 Å². The zero-order chi connectivity index (χ0) is 25.9. The molecule has 0 spiro atoms. The van der Waals surface area contributed by atoms with Crippen molar-refractivity contribution in [2.75, 3.05) is 0 Å². The van der Waals surface area contributed by atoms with E-state index in [0.29, 0.717) is 11.8 Å². The Hall–Kier alpha value is -2.24. The lowest BCUT2D eigenvalue weighted by Crippen LogP contribution is -2.63. The lowest BCUT2D eigenvalue weighted by Gasteiger charge is -2.63. The molecule has 6 rings (SSSR count). The minimum Gasteiger partial charge on any atom is -0.455 e. The third-order valence-electron chi connectivity index (χ3n) is 7.95. The van der Waals surface area contributed by atoms with Crippen LogP contribution in [0.5, 0.6) is 0 Å². The normalized spacial score (nSPS) is 29.3. The van der Waals surface area contributed by atoms with Crippen molar-refractivity contribution in [2.45, 2.75) is 90.6 Å². The molecule has 2 aromatic rings. The van der Waals surface area contributed by atoms with Crippen LogP contribution >= 0.6 is 11.3 Å². The van der Waals surface area contributed by atoms with E-state index in [4.69, 9.17) is 14.0 Å². The van der Waals surface area contributed by atoms with Gasteiger partial charge >= 0.3 is 13.1 Å². The first-order valence-corrected chi connectivity index (χ1v) is 13.5. The highest BCUT2D eigenvalue weighted by atomic mass is 32.1. The van der Waals surface area contributed by atoms with E-state index >= 15 is 0 Å². The van der Waals surface area contributed by atoms with E-state index in [2.05, 4.69) is 36.4 Å². The Balaban J connectivity index is 1.33. The summed E-state index contributed by atoms with van der Waals surface area (Å²) in [6, 6.07) is 3.87. The minimum absolute atomic E-state index is 0.0210. The van der Waals surface area contributed by atoms with Gasteiger partial charge in [-0.25, -0.2) is 4.79 Å². The number of rotatable bonds is 7. The lowest BCUT2D eigenvalue weighted by atomic mass is 9.45. The van der Waals surface area contributed by atoms with Gasteiger partial charge in [0.05, 0.1) is 36.8 Å². The van der Waals surface area contributed by atoms with E-state index in [1.165, 1.54) is 10.9 Å². The van der Waals surface area contributed by atoms with E-state index < -0.39 is 24.6 Å². The van der Waals surface area contributed by atoms with Crippen molar-refractivity contribution in [3.05, 3.63) is 34.3 Å². The standard InChI is InChI=1S/C25H35BN4O5S/c1-23(2,3)33-22(32)18-13-30(29-28-18)14-19(27-20(31)11-16-8-7-9-36-16)26-34-21-17-10-15(24(17,4)5)12-25(21,6)35-26/h7-9,13,15,17,19,21H,10-12,14H2,1-6H3,(H,27,31)/t15-,17+,19-,21?,25+/m1/s1. The van der Waals surface area contributed by atoms with Crippen LogP contribution < -0.4 is 5.32 Å². The van der Waals surface area contributed by atoms with Gasteiger partial charge in [0, 0.05) is 4.88 Å². The Morgan fingerprint density at radius 1 is 1.36 bits per heavy atom. The zero-order valence-corrected chi connectivity index (χ0v) is 22.6. The topological polar surface area (TPSA) is 105 Å². The summed E-state index contributed by atoms with van der Waals surface area (Å²) in [6.07, 6.45) is 3.89. The first-order chi connectivity index (χ1) is 16.8. The van der Waals surface area contributed by atoms with Crippen LogP contribution in [-0.2, 0) is 31.8 Å². The molecule has 1 saturated heterocycles. The number of thiophene rings is 1. The zero-order valence-electron chi connectivity index (χ0n) is 21.8. The summed E-state index contributed by atoms with van der Waals surface area (Å²) in [5, 5.41) is 13.2. The molecule has 0 aromatic carbocycles. The number of ether oxygens (including phenoxy) is 1. The highest BCUT2D eigenvalue weighted by molar-refractivity contribution is 7.10. The average Bonchev–Trinajstić information content (AvgIpc) is 3.51. The predicted molar refractivity (Wildman–Crippen MR) is 135 cm³/mol. The van der Waals surface area contributed by atoms with Crippen LogP contribution in [0, 0.1) is 17.3 Å². The van der Waals surface area contributed by atoms with Crippen molar-refractivity contribution in [1.82, 2.24) is 20.3 Å². The number of carbonyl (C=O) groups excluding carboxylic acids is 2. The summed E-state index contributed by atoms with van der Waals surface area (Å²) in [6.45, 7) is 12.4. The Labute approximate surface area is 216 Å². The molecule has 1 N–H and O–H groups in total. The van der Waals surface area contributed by atoms with Gasteiger partial charge in [0.25, 0.3) is 0 Å². The first-order valence-electron chi connectivity index (χ1n) is 12.6. The summed E-state index contributed by atoms with van der Waals surface area (Å²) >= 11 is 1.54. The van der Waals surface area contributed by atoms with E-state index in [-0.39, 0.29) is 41.7 Å². The Morgan fingerprint density at radius 2 is 2.14 bits per heavy atom. The molecule has 9 nitrogen and oxygen atoms in total. The molecule has 3 heterocycles. The van der Waals surface area contributed by atoms with Crippen LogP contribution in [-0.4, -0.2) is 57.2 Å². The van der Waals surface area contributed by atoms with Gasteiger partial charge in [-0.3, -0.25) is 9.48 Å². The quantitative estimate of drug-likeness (QED) is 0.447. The molecule has 11 heteroatoms. The van der Waals surface area contributed by atoms with Crippen molar-refractivity contribution in [2.24, 2.45) is 17.3 Å². The maximum atomic E-state index is 13.0. The van der Waals surface area contributed by atoms with Gasteiger partial charge < -0.3 is 19.4 Å². The SMILES string of the molecule is CC(C)(C)OC(=O)c1cn(C[C@@H](NC(=O)Cc2cccs2)B2OC3[C@@H]4C[C@H](C[C@]3(C)O2)C4(C)C)nn1. The van der Waals surface area contributed by atoms with Gasteiger partial charge in [0.2, 0.25) is 5.91 Å². The Morgan fingerprint density at radius 3 is 2.81 bits per heavy atom. The first kappa shape index (κ1) is 25.4. The van der Waals surface area contributed by atoms with Gasteiger partial charge in [-0.15, -0.1) is 16.4 Å². The molecule has 1 unspecified atom stereocenters. The van der Waals surface area contributed by atoms with E-state index in [9.17, 15) is 9.59 Å². The molecule has 5 atom stereocenters. The molecule has 3 aliphatic carbocycles. The predicted octanol–water partition coefficient (Wildman–Crippen LogP) is 3.29. The third kappa shape index (κ3) is 4.85. The molecule has 194 valence electrons. The molecule has 2 aromatic heterocycles. The number of carbonyl (C=O) groups is 2. The summed E-state index contributed by atoms with van der Waals surface area (Å²) in [5.74, 6) is -0.121. The van der Waals surface area contributed by atoms with Crippen LogP contribution in [0.25, 0.3) is 0 Å². The Bertz CT molecular complexity index is 1130. The van der Waals surface area contributed by atoms with Crippen molar-refractivity contribution in [1.29, 1.82) is 0 Å². The summed E-state index contributed by atoms with van der Waals surface area (Å²) in [4.78, 5) is 26.4. The maximum absolute atomic E-state index is 13.0. The third-order valence-corrected chi connectivity index (χ3v) is 8.83. The fraction of sp³-hybridized carbons (Fsp3) is 0.680. The summed E-state index contributed by atoms with van der Waals surface area (Å²) in [7, 11) is -0.628. The molecule has 1 amide bonds. The average molecular weight is 514 g/mol. The van der Waals surface area contributed by atoms with Crippen molar-refractivity contribution >= 4 is 30.3 Å². The number of hydrogen-bond acceptors (Lipinski definition) is 8. The van der Waals surface area contributed by atoms with Crippen LogP contribution in [0.1, 0.15) is 69.7 Å². The molecule has 3 saturated carbocycles. The van der Waals surface area contributed by atoms with Crippen LogP contribution in [0.4, 0.5) is 0 Å². The van der Waals surface area contributed by atoms with Crippen LogP contribution in [0.2, 0.25) is 0 Å². The summed E-state index contributed by atoms with van der Waals surface area (Å²) in [5.41, 5.74) is -0.668. The van der Waals surface area contributed by atoms with Crippen molar-refractivity contribution in [3.8, 4) is 0 Å². The van der Waals surface area contributed by atoms with E-state index in [0.717, 1.165) is 17.7 Å². The fourth-order valence-corrected chi connectivity index (χ4v) is 6.66. The van der Waals surface area contributed by atoms with Gasteiger partial charge in [0.1, 0.15) is 5.60 Å². The van der Waals surface area contributed by atoms with Gasteiger partial charge in [0.15, 0.2) is 5.69 Å². The molecule has 0 radical (unpaired) electrons. The molecule has 36 heavy (non-hydrogen) atoms. The fourth-order valence-electron chi connectivity index (χ4n) is 5.96. The molecule has 1 aliphatic heterocycles. The minimum atomic E-state index is -0.634. The number of esters is 1. The van der Waals surface area contributed by atoms with Gasteiger partial charge in [-0.1, -0.05) is 25.1 Å². The highest BCUT2D eigenvalue weighted by Crippen LogP contribution is 2.64. The second-order valence-corrected chi connectivity index (χ2v) is 13.2. The lowest BCUT2D eigenvalue weighted by molar-refractivity contribution is -0.185. The second kappa shape index (κ2) is 8.95. The largest absolute Gasteiger partial charge is 0.483 e. The van der Waals surface area contributed by atoms with Crippen molar-refractivity contribution in [3.63, 3.8) is 0 Å². The van der Waals surface area contributed by atoms with Gasteiger partial charge in [-0.2, -0.15) is 0 Å². The molecular formula is C25H35BN4O5S.